The van der Waals surface area contributed by atoms with E-state index in [1.165, 1.54) is 6.42 Å². The summed E-state index contributed by atoms with van der Waals surface area (Å²) in [6.07, 6.45) is 2.36. The number of esters is 1. The predicted octanol–water partition coefficient (Wildman–Crippen LogP) is 2.59. The van der Waals surface area contributed by atoms with Crippen LogP contribution < -0.4 is 10.6 Å². The Labute approximate surface area is 154 Å². The van der Waals surface area contributed by atoms with Gasteiger partial charge in [-0.2, -0.15) is 0 Å². The molecule has 1 saturated heterocycles. The number of piperidine rings is 1. The van der Waals surface area contributed by atoms with Gasteiger partial charge in [0.1, 0.15) is 0 Å². The first-order valence-corrected chi connectivity index (χ1v) is 9.33. The van der Waals surface area contributed by atoms with Crippen LogP contribution in [0.1, 0.15) is 38.3 Å². The quantitative estimate of drug-likeness (QED) is 0.795. The number of carbonyl (C=O) groups excluding carboxylic acids is 2. The normalized spacial score (nSPS) is 24.0. The smallest absolute Gasteiger partial charge is 0.338 e. The zero-order valence-corrected chi connectivity index (χ0v) is 15.5. The topological polar surface area (TPSA) is 70.7 Å². The van der Waals surface area contributed by atoms with Crippen LogP contribution in [0.25, 0.3) is 0 Å². The summed E-state index contributed by atoms with van der Waals surface area (Å²) in [7, 11) is 0. The molecule has 3 rings (SSSR count). The van der Waals surface area contributed by atoms with Crippen molar-refractivity contribution < 1.29 is 14.3 Å². The van der Waals surface area contributed by atoms with Crippen LogP contribution in [0.4, 0.5) is 4.79 Å². The molecular weight excluding hydrogens is 330 g/mol. The van der Waals surface area contributed by atoms with E-state index in [1.54, 1.807) is 6.92 Å². The average molecular weight is 357 g/mol. The molecule has 6 nitrogen and oxygen atoms in total. The zero-order chi connectivity index (χ0) is 18.5. The standard InChI is InChI=1S/C20H27N3O3/c1-3-26-19(24)17-16(13-23-11-7-8-14(2)12-23)21-20(25)22-18(17)15-9-5-4-6-10-15/h4-6,9-10,14,18H,3,7-8,11-13H2,1-2H3,(H2,21,22,25). The van der Waals surface area contributed by atoms with Crippen LogP contribution in [0, 0.1) is 5.92 Å². The predicted molar refractivity (Wildman–Crippen MR) is 99.3 cm³/mol. The number of hydrogen-bond acceptors (Lipinski definition) is 4. The maximum Gasteiger partial charge on any atom is 0.338 e. The van der Waals surface area contributed by atoms with Gasteiger partial charge in [0.2, 0.25) is 0 Å². The number of rotatable bonds is 5. The highest BCUT2D eigenvalue weighted by Gasteiger charge is 2.34. The summed E-state index contributed by atoms with van der Waals surface area (Å²) in [5.74, 6) is 0.242. The Morgan fingerprint density at radius 1 is 1.31 bits per heavy atom. The Bertz CT molecular complexity index is 687. The van der Waals surface area contributed by atoms with Gasteiger partial charge in [-0.1, -0.05) is 37.3 Å². The van der Waals surface area contributed by atoms with Gasteiger partial charge >= 0.3 is 12.0 Å². The van der Waals surface area contributed by atoms with E-state index in [2.05, 4.69) is 22.5 Å². The Balaban J connectivity index is 1.95. The fraction of sp³-hybridized carbons (Fsp3) is 0.500. The molecule has 140 valence electrons. The minimum atomic E-state index is -0.499. The van der Waals surface area contributed by atoms with E-state index >= 15 is 0 Å². The highest BCUT2D eigenvalue weighted by molar-refractivity contribution is 5.95. The summed E-state index contributed by atoms with van der Waals surface area (Å²) < 4.78 is 5.30. The maximum absolute atomic E-state index is 12.7. The lowest BCUT2D eigenvalue weighted by molar-refractivity contribution is -0.139. The van der Waals surface area contributed by atoms with E-state index in [0.717, 1.165) is 25.1 Å². The van der Waals surface area contributed by atoms with Crippen LogP contribution in [-0.4, -0.2) is 43.1 Å². The lowest BCUT2D eigenvalue weighted by Crippen LogP contribution is -2.49. The van der Waals surface area contributed by atoms with E-state index < -0.39 is 6.04 Å². The second kappa shape index (κ2) is 8.36. The number of nitrogens with zero attached hydrogens (tertiary/aromatic N) is 1. The van der Waals surface area contributed by atoms with Crippen LogP contribution in [0.2, 0.25) is 0 Å². The van der Waals surface area contributed by atoms with Crippen LogP contribution in [-0.2, 0) is 9.53 Å². The SMILES string of the molecule is CCOC(=O)C1=C(CN2CCCC(C)C2)NC(=O)NC1c1ccccc1. The number of hydrogen-bond donors (Lipinski definition) is 2. The van der Waals surface area contributed by atoms with Crippen molar-refractivity contribution in [3.8, 4) is 0 Å². The van der Waals surface area contributed by atoms with Gasteiger partial charge in [0.15, 0.2) is 0 Å². The van der Waals surface area contributed by atoms with Gasteiger partial charge in [-0.15, -0.1) is 0 Å². The van der Waals surface area contributed by atoms with Crippen molar-refractivity contribution in [1.29, 1.82) is 0 Å². The third-order valence-electron chi connectivity index (χ3n) is 4.90. The zero-order valence-electron chi connectivity index (χ0n) is 15.5. The molecule has 1 aromatic carbocycles. The third kappa shape index (κ3) is 4.25. The van der Waals surface area contributed by atoms with Crippen LogP contribution >= 0.6 is 0 Å². The number of amides is 2. The summed E-state index contributed by atoms with van der Waals surface area (Å²) >= 11 is 0. The molecule has 26 heavy (non-hydrogen) atoms. The molecule has 1 aromatic rings. The van der Waals surface area contributed by atoms with Crippen molar-refractivity contribution in [1.82, 2.24) is 15.5 Å². The Morgan fingerprint density at radius 2 is 2.08 bits per heavy atom. The Kier molecular flexibility index (Phi) is 5.93. The minimum Gasteiger partial charge on any atom is -0.463 e. The molecule has 2 unspecified atom stereocenters. The Morgan fingerprint density at radius 3 is 2.77 bits per heavy atom. The van der Waals surface area contributed by atoms with Crippen molar-refractivity contribution in [2.24, 2.45) is 5.92 Å². The molecule has 2 atom stereocenters. The number of urea groups is 1. The summed E-state index contributed by atoms with van der Waals surface area (Å²) in [6, 6.07) is 8.76. The maximum atomic E-state index is 12.7. The van der Waals surface area contributed by atoms with Crippen LogP contribution in [0.15, 0.2) is 41.6 Å². The summed E-state index contributed by atoms with van der Waals surface area (Å²) in [5, 5.41) is 5.73. The second-order valence-corrected chi connectivity index (χ2v) is 7.04. The summed E-state index contributed by atoms with van der Waals surface area (Å²) in [6.45, 7) is 6.82. The van der Waals surface area contributed by atoms with E-state index in [9.17, 15) is 9.59 Å². The Hall–Kier alpha value is -2.34. The van der Waals surface area contributed by atoms with Gasteiger partial charge in [0, 0.05) is 18.8 Å². The lowest BCUT2D eigenvalue weighted by atomic mass is 9.94. The largest absolute Gasteiger partial charge is 0.463 e. The number of carbonyl (C=O) groups is 2. The second-order valence-electron chi connectivity index (χ2n) is 7.04. The van der Waals surface area contributed by atoms with Gasteiger partial charge in [0.05, 0.1) is 18.2 Å². The average Bonchev–Trinajstić information content (AvgIpc) is 2.62. The highest BCUT2D eigenvalue weighted by atomic mass is 16.5. The molecule has 2 aliphatic rings. The first kappa shape index (κ1) is 18.5. The van der Waals surface area contributed by atoms with E-state index in [1.807, 2.05) is 30.3 Å². The van der Waals surface area contributed by atoms with Crippen LogP contribution in [0.3, 0.4) is 0 Å². The van der Waals surface area contributed by atoms with Crippen molar-refractivity contribution in [2.45, 2.75) is 32.7 Å². The number of likely N-dealkylation sites (tertiary alicyclic amines) is 1. The number of ether oxygens (including phenoxy) is 1. The molecule has 1 fully saturated rings. The van der Waals surface area contributed by atoms with E-state index in [0.29, 0.717) is 30.3 Å². The first-order chi connectivity index (χ1) is 12.6. The van der Waals surface area contributed by atoms with E-state index in [-0.39, 0.29) is 12.0 Å². The molecule has 0 aromatic heterocycles. The van der Waals surface area contributed by atoms with Gasteiger partial charge in [-0.05, 0) is 37.8 Å². The van der Waals surface area contributed by atoms with Crippen molar-refractivity contribution in [3.63, 3.8) is 0 Å². The molecule has 2 heterocycles. The van der Waals surface area contributed by atoms with Gasteiger partial charge < -0.3 is 15.4 Å². The number of benzene rings is 1. The first-order valence-electron chi connectivity index (χ1n) is 9.33. The fourth-order valence-electron chi connectivity index (χ4n) is 3.74. The molecule has 0 spiro atoms. The van der Waals surface area contributed by atoms with Gasteiger partial charge in [0.25, 0.3) is 0 Å². The minimum absolute atomic E-state index is 0.285. The molecule has 0 aliphatic carbocycles. The lowest BCUT2D eigenvalue weighted by Gasteiger charge is -2.35. The van der Waals surface area contributed by atoms with Gasteiger partial charge in [-0.3, -0.25) is 4.90 Å². The molecule has 2 aliphatic heterocycles. The van der Waals surface area contributed by atoms with Crippen molar-refractivity contribution in [2.75, 3.05) is 26.2 Å². The highest BCUT2D eigenvalue weighted by Crippen LogP contribution is 2.28. The fourth-order valence-corrected chi connectivity index (χ4v) is 3.74. The molecule has 0 bridgehead atoms. The van der Waals surface area contributed by atoms with Crippen molar-refractivity contribution >= 4 is 12.0 Å². The summed E-state index contributed by atoms with van der Waals surface area (Å²) in [4.78, 5) is 27.3. The van der Waals surface area contributed by atoms with Crippen molar-refractivity contribution in [3.05, 3.63) is 47.2 Å². The van der Waals surface area contributed by atoms with Crippen LogP contribution in [0.5, 0.6) is 0 Å². The molecule has 6 heteroatoms. The molecular formula is C20H27N3O3. The molecule has 0 saturated carbocycles. The third-order valence-corrected chi connectivity index (χ3v) is 4.90. The van der Waals surface area contributed by atoms with Gasteiger partial charge in [-0.25, -0.2) is 9.59 Å². The summed E-state index contributed by atoms with van der Waals surface area (Å²) in [5.41, 5.74) is 2.01. The molecule has 2 amide bonds. The van der Waals surface area contributed by atoms with E-state index in [4.69, 9.17) is 4.74 Å². The molecule has 0 radical (unpaired) electrons. The molecule has 2 N–H and O–H groups in total. The monoisotopic (exact) mass is 357 g/mol. The number of nitrogens with one attached hydrogen (secondary N) is 2.